The van der Waals surface area contributed by atoms with Crippen LogP contribution in [0.2, 0.25) is 0 Å². The number of nitrogens with zero attached hydrogens (tertiary/aromatic N) is 1. The Morgan fingerprint density at radius 3 is 2.21 bits per heavy atom. The molecule has 0 saturated heterocycles. The predicted octanol–water partition coefficient (Wildman–Crippen LogP) is 6.77. The summed E-state index contributed by atoms with van der Waals surface area (Å²) < 4.78 is 14.7. The van der Waals surface area contributed by atoms with Crippen molar-refractivity contribution in [1.29, 1.82) is 5.26 Å². The van der Waals surface area contributed by atoms with E-state index in [0.717, 1.165) is 34.9 Å². The number of carbonyl (C=O) groups is 2. The molecular formula is C32H29FN2O3. The number of benzene rings is 4. The third kappa shape index (κ3) is 5.90. The first kappa shape index (κ1) is 26.6. The van der Waals surface area contributed by atoms with Gasteiger partial charge in [-0.25, -0.2) is 4.39 Å². The van der Waals surface area contributed by atoms with Gasteiger partial charge in [0.2, 0.25) is 0 Å². The molecule has 4 aromatic carbocycles. The van der Waals surface area contributed by atoms with Crippen LogP contribution in [0.25, 0.3) is 10.8 Å². The maximum absolute atomic E-state index is 14.7. The summed E-state index contributed by atoms with van der Waals surface area (Å²) in [5, 5.41) is 22.2. The molecule has 6 heteroatoms. The molecule has 38 heavy (non-hydrogen) atoms. The molecular weight excluding hydrogens is 479 g/mol. The summed E-state index contributed by atoms with van der Waals surface area (Å²) in [6, 6.07) is 28.0. The first-order valence-corrected chi connectivity index (χ1v) is 12.7. The molecule has 192 valence electrons. The van der Waals surface area contributed by atoms with Crippen molar-refractivity contribution in [2.75, 3.05) is 6.54 Å². The predicted molar refractivity (Wildman–Crippen MR) is 146 cm³/mol. The molecule has 5 nitrogen and oxygen atoms in total. The number of carboxylic acid groups (broad SMARTS) is 1. The average Bonchev–Trinajstić information content (AvgIpc) is 2.94. The smallest absolute Gasteiger partial charge is 0.305 e. The monoisotopic (exact) mass is 508 g/mol. The number of hydrogen-bond donors (Lipinski definition) is 2. The van der Waals surface area contributed by atoms with Gasteiger partial charge in [-0.15, -0.1) is 0 Å². The fourth-order valence-corrected chi connectivity index (χ4v) is 5.05. The van der Waals surface area contributed by atoms with Crippen LogP contribution in [-0.4, -0.2) is 23.5 Å². The Bertz CT molecular complexity index is 1470. The zero-order valence-corrected chi connectivity index (χ0v) is 21.2. The summed E-state index contributed by atoms with van der Waals surface area (Å²) in [7, 11) is 0. The average molecular weight is 509 g/mol. The van der Waals surface area contributed by atoms with E-state index in [-0.39, 0.29) is 36.5 Å². The van der Waals surface area contributed by atoms with Gasteiger partial charge in [0.15, 0.2) is 0 Å². The van der Waals surface area contributed by atoms with E-state index < -0.39 is 5.97 Å². The molecule has 0 heterocycles. The van der Waals surface area contributed by atoms with Gasteiger partial charge in [-0.2, -0.15) is 5.26 Å². The lowest BCUT2D eigenvalue weighted by molar-refractivity contribution is -0.136. The van der Waals surface area contributed by atoms with Crippen LogP contribution in [0, 0.1) is 17.1 Å². The van der Waals surface area contributed by atoms with Crippen molar-refractivity contribution in [2.24, 2.45) is 0 Å². The first-order chi connectivity index (χ1) is 18.4. The highest BCUT2D eigenvalue weighted by atomic mass is 19.1. The van der Waals surface area contributed by atoms with Crippen LogP contribution in [0.4, 0.5) is 4.39 Å². The molecule has 0 aliphatic heterocycles. The van der Waals surface area contributed by atoms with E-state index in [1.165, 1.54) is 6.07 Å². The molecule has 0 radical (unpaired) electrons. The maximum Gasteiger partial charge on any atom is 0.305 e. The third-order valence-electron chi connectivity index (χ3n) is 6.87. The lowest BCUT2D eigenvalue weighted by Crippen LogP contribution is -2.26. The van der Waals surface area contributed by atoms with Gasteiger partial charge in [0.25, 0.3) is 5.91 Å². The molecule has 0 aromatic heterocycles. The fourth-order valence-electron chi connectivity index (χ4n) is 5.05. The van der Waals surface area contributed by atoms with Crippen molar-refractivity contribution in [1.82, 2.24) is 5.32 Å². The molecule has 0 fully saturated rings. The molecule has 4 rings (SSSR count). The minimum Gasteiger partial charge on any atom is -0.481 e. The van der Waals surface area contributed by atoms with Crippen molar-refractivity contribution >= 4 is 22.6 Å². The minimum absolute atomic E-state index is 0.0194. The van der Waals surface area contributed by atoms with Gasteiger partial charge in [-0.05, 0) is 64.7 Å². The van der Waals surface area contributed by atoms with Gasteiger partial charge in [0.1, 0.15) is 5.82 Å². The second kappa shape index (κ2) is 12.2. The fraction of sp³-hybridized carbons (Fsp3) is 0.219. The molecule has 1 amide bonds. The summed E-state index contributed by atoms with van der Waals surface area (Å²) in [5.74, 6) is -1.66. The maximum atomic E-state index is 14.7. The lowest BCUT2D eigenvalue weighted by atomic mass is 9.73. The van der Waals surface area contributed by atoms with Gasteiger partial charge in [-0.3, -0.25) is 9.59 Å². The van der Waals surface area contributed by atoms with E-state index >= 15 is 0 Å². The van der Waals surface area contributed by atoms with Gasteiger partial charge in [-0.1, -0.05) is 67.9 Å². The van der Waals surface area contributed by atoms with Crippen molar-refractivity contribution in [3.05, 3.63) is 119 Å². The molecule has 2 atom stereocenters. The molecule has 2 N–H and O–H groups in total. The van der Waals surface area contributed by atoms with Crippen LogP contribution < -0.4 is 5.32 Å². The molecule has 0 saturated carbocycles. The highest BCUT2D eigenvalue weighted by Crippen LogP contribution is 2.44. The number of aliphatic carboxylic acids is 1. The number of halogens is 1. The van der Waals surface area contributed by atoms with E-state index in [2.05, 4.69) is 18.3 Å². The zero-order valence-electron chi connectivity index (χ0n) is 21.2. The largest absolute Gasteiger partial charge is 0.481 e. The van der Waals surface area contributed by atoms with E-state index in [4.69, 9.17) is 5.11 Å². The Morgan fingerprint density at radius 1 is 0.921 bits per heavy atom. The summed E-state index contributed by atoms with van der Waals surface area (Å²) >= 11 is 0. The summed E-state index contributed by atoms with van der Waals surface area (Å²) in [6.07, 6.45) is 1.62. The number of hydrogen-bond acceptors (Lipinski definition) is 3. The van der Waals surface area contributed by atoms with Gasteiger partial charge >= 0.3 is 5.97 Å². The molecule has 0 aliphatic rings. The number of fused-ring (bicyclic) bond motifs is 1. The highest BCUT2D eigenvalue weighted by Gasteiger charge is 2.28. The van der Waals surface area contributed by atoms with Crippen molar-refractivity contribution in [2.45, 2.75) is 38.0 Å². The van der Waals surface area contributed by atoms with Crippen molar-refractivity contribution in [3.8, 4) is 6.07 Å². The van der Waals surface area contributed by atoms with Crippen LogP contribution in [0.5, 0.6) is 0 Å². The van der Waals surface area contributed by atoms with Gasteiger partial charge < -0.3 is 10.4 Å². The Labute approximate surface area is 221 Å². The summed E-state index contributed by atoms with van der Waals surface area (Å²) in [5.41, 5.74) is 4.09. The SMILES string of the molecule is CCC[C@H](c1ccc(C(=O)NCCC(=O)O)cc1)C(c1ccc(C#N)cc1)c1ccc(F)c2ccccc12. The van der Waals surface area contributed by atoms with Crippen LogP contribution in [0.3, 0.4) is 0 Å². The van der Waals surface area contributed by atoms with Crippen LogP contribution in [-0.2, 0) is 4.79 Å². The molecule has 4 aromatic rings. The third-order valence-corrected chi connectivity index (χ3v) is 6.87. The molecule has 0 bridgehead atoms. The Morgan fingerprint density at radius 2 is 1.58 bits per heavy atom. The van der Waals surface area contributed by atoms with E-state index in [0.29, 0.717) is 16.5 Å². The summed E-state index contributed by atoms with van der Waals surface area (Å²) in [6.45, 7) is 2.18. The molecule has 0 aliphatic carbocycles. The highest BCUT2D eigenvalue weighted by molar-refractivity contribution is 5.94. The van der Waals surface area contributed by atoms with Crippen molar-refractivity contribution in [3.63, 3.8) is 0 Å². The van der Waals surface area contributed by atoms with Crippen LogP contribution in [0.15, 0.2) is 84.9 Å². The van der Waals surface area contributed by atoms with Crippen LogP contribution >= 0.6 is 0 Å². The Kier molecular flexibility index (Phi) is 8.50. The van der Waals surface area contributed by atoms with E-state index in [1.807, 2.05) is 60.7 Å². The van der Waals surface area contributed by atoms with Gasteiger partial charge in [0.05, 0.1) is 18.1 Å². The zero-order chi connectivity index (χ0) is 27.1. The molecule has 1 unspecified atom stereocenters. The van der Waals surface area contributed by atoms with Crippen LogP contribution in [0.1, 0.15) is 70.6 Å². The normalized spacial score (nSPS) is 12.4. The standard InChI is InChI=1S/C32H29FN2O3/c1-2-5-25(22-12-14-24(15-13-22)32(38)35-19-18-30(36)37)31(23-10-8-21(20-34)9-11-23)28-16-17-29(33)27-7-4-3-6-26(27)28/h3-4,6-17,25,31H,2,5,18-19H2,1H3,(H,35,38)(H,36,37)/t25-,31?/m1/s1. The number of amides is 1. The number of carbonyl (C=O) groups excluding carboxylic acids is 1. The quantitative estimate of drug-likeness (QED) is 0.247. The number of nitrogens with one attached hydrogen (secondary N) is 1. The molecule has 0 spiro atoms. The minimum atomic E-state index is -0.967. The van der Waals surface area contributed by atoms with Gasteiger partial charge in [0, 0.05) is 23.4 Å². The first-order valence-electron chi connectivity index (χ1n) is 12.7. The lowest BCUT2D eigenvalue weighted by Gasteiger charge is -2.30. The second-order valence-corrected chi connectivity index (χ2v) is 9.31. The topological polar surface area (TPSA) is 90.2 Å². The Hall–Kier alpha value is -4.50. The van der Waals surface area contributed by atoms with E-state index in [9.17, 15) is 19.2 Å². The van der Waals surface area contributed by atoms with E-state index in [1.54, 1.807) is 18.2 Å². The number of carboxylic acids is 1. The summed E-state index contributed by atoms with van der Waals surface area (Å²) in [4.78, 5) is 23.2. The second-order valence-electron chi connectivity index (χ2n) is 9.31. The Balaban J connectivity index is 1.78. The van der Waals surface area contributed by atoms with Crippen molar-refractivity contribution < 1.29 is 19.1 Å². The number of nitriles is 1. The number of rotatable bonds is 10.